The summed E-state index contributed by atoms with van der Waals surface area (Å²) in [7, 11) is 1.66. The third-order valence-corrected chi connectivity index (χ3v) is 3.27. The first-order chi connectivity index (χ1) is 8.24. The molecule has 0 radical (unpaired) electrons. The first-order valence-corrected chi connectivity index (χ1v) is 6.07. The van der Waals surface area contributed by atoms with Crippen LogP contribution in [0.1, 0.15) is 36.8 Å². The van der Waals surface area contributed by atoms with E-state index in [1.54, 1.807) is 7.11 Å². The van der Waals surface area contributed by atoms with Gasteiger partial charge in [-0.15, -0.1) is 0 Å². The summed E-state index contributed by atoms with van der Waals surface area (Å²) >= 11 is 0. The second kappa shape index (κ2) is 5.21. The quantitative estimate of drug-likeness (QED) is 0.751. The Labute approximate surface area is 102 Å². The lowest BCUT2D eigenvalue weighted by molar-refractivity contribution is -0.143. The van der Waals surface area contributed by atoms with Gasteiger partial charge < -0.3 is 9.47 Å². The van der Waals surface area contributed by atoms with Gasteiger partial charge in [0.1, 0.15) is 5.75 Å². The number of benzene rings is 1. The fourth-order valence-electron chi connectivity index (χ4n) is 2.43. The minimum absolute atomic E-state index is 0.104. The Morgan fingerprint density at radius 3 is 3.00 bits per heavy atom. The van der Waals surface area contributed by atoms with Crippen LogP contribution >= 0.6 is 0 Å². The van der Waals surface area contributed by atoms with Crippen molar-refractivity contribution >= 4 is 5.97 Å². The molecule has 1 aromatic rings. The zero-order valence-electron chi connectivity index (χ0n) is 10.4. The molecule has 0 aliphatic heterocycles. The molecule has 17 heavy (non-hydrogen) atoms. The number of hydrogen-bond donors (Lipinski definition) is 0. The van der Waals surface area contributed by atoms with E-state index in [2.05, 4.69) is 6.07 Å². The fraction of sp³-hybridized carbons (Fsp3) is 0.500. The predicted octanol–water partition coefficient (Wildman–Crippen LogP) is 2.68. The molecule has 3 nitrogen and oxygen atoms in total. The second-order valence-electron chi connectivity index (χ2n) is 4.31. The van der Waals surface area contributed by atoms with E-state index >= 15 is 0 Å². The van der Waals surface area contributed by atoms with Crippen molar-refractivity contribution in [1.29, 1.82) is 0 Å². The molecule has 0 saturated carbocycles. The van der Waals surface area contributed by atoms with Crippen molar-refractivity contribution in [2.75, 3.05) is 13.7 Å². The maximum absolute atomic E-state index is 11.5. The molecule has 1 atom stereocenters. The predicted molar refractivity (Wildman–Crippen MR) is 65.3 cm³/mol. The van der Waals surface area contributed by atoms with Crippen LogP contribution in [0.2, 0.25) is 0 Å². The highest BCUT2D eigenvalue weighted by molar-refractivity contribution is 5.71. The number of fused-ring (bicyclic) bond motifs is 1. The average molecular weight is 234 g/mol. The van der Waals surface area contributed by atoms with Crippen molar-refractivity contribution < 1.29 is 14.3 Å². The monoisotopic (exact) mass is 234 g/mol. The molecule has 0 amide bonds. The Morgan fingerprint density at radius 1 is 1.47 bits per heavy atom. The number of carbonyl (C=O) groups is 1. The van der Waals surface area contributed by atoms with Crippen LogP contribution in [0.4, 0.5) is 0 Å². The summed E-state index contributed by atoms with van der Waals surface area (Å²) in [6.07, 6.45) is 2.55. The van der Waals surface area contributed by atoms with Crippen molar-refractivity contribution in [3.8, 4) is 5.75 Å². The summed E-state index contributed by atoms with van der Waals surface area (Å²) in [5.41, 5.74) is 2.58. The van der Waals surface area contributed by atoms with Crippen molar-refractivity contribution in [2.24, 2.45) is 0 Å². The topological polar surface area (TPSA) is 35.5 Å². The molecule has 0 fully saturated rings. The molecule has 3 heteroatoms. The molecule has 0 unspecified atom stereocenters. The number of hydrogen-bond acceptors (Lipinski definition) is 3. The van der Waals surface area contributed by atoms with Gasteiger partial charge >= 0.3 is 5.97 Å². The smallest absolute Gasteiger partial charge is 0.306 e. The van der Waals surface area contributed by atoms with Crippen LogP contribution in [0, 0.1) is 0 Å². The van der Waals surface area contributed by atoms with E-state index in [-0.39, 0.29) is 5.97 Å². The first-order valence-electron chi connectivity index (χ1n) is 6.07. The second-order valence-corrected chi connectivity index (χ2v) is 4.31. The first kappa shape index (κ1) is 12.0. The minimum atomic E-state index is -0.104. The summed E-state index contributed by atoms with van der Waals surface area (Å²) in [6, 6.07) is 6.12. The lowest BCUT2D eigenvalue weighted by Crippen LogP contribution is -2.08. The van der Waals surface area contributed by atoms with E-state index in [1.165, 1.54) is 11.1 Å². The summed E-state index contributed by atoms with van der Waals surface area (Å²) < 4.78 is 10.2. The minimum Gasteiger partial charge on any atom is -0.497 e. The molecule has 1 aliphatic rings. The van der Waals surface area contributed by atoms with E-state index in [1.807, 2.05) is 19.1 Å². The highest BCUT2D eigenvalue weighted by Crippen LogP contribution is 2.37. The highest BCUT2D eigenvalue weighted by Gasteiger charge is 2.25. The normalized spacial score (nSPS) is 17.6. The molecule has 0 bridgehead atoms. The average Bonchev–Trinajstić information content (AvgIpc) is 2.72. The van der Waals surface area contributed by atoms with E-state index in [0.29, 0.717) is 18.9 Å². The van der Waals surface area contributed by atoms with Crippen molar-refractivity contribution in [3.63, 3.8) is 0 Å². The maximum atomic E-state index is 11.5. The van der Waals surface area contributed by atoms with Crippen molar-refractivity contribution in [2.45, 2.75) is 32.1 Å². The van der Waals surface area contributed by atoms with E-state index in [4.69, 9.17) is 9.47 Å². The molecule has 1 aromatic carbocycles. The lowest BCUT2D eigenvalue weighted by Gasteiger charge is -2.11. The fourth-order valence-corrected chi connectivity index (χ4v) is 2.43. The van der Waals surface area contributed by atoms with Gasteiger partial charge in [0.15, 0.2) is 0 Å². The van der Waals surface area contributed by atoms with Crippen LogP contribution in [0.3, 0.4) is 0 Å². The molecule has 0 N–H and O–H groups in total. The van der Waals surface area contributed by atoms with Crippen LogP contribution in [0.25, 0.3) is 0 Å². The Morgan fingerprint density at radius 2 is 2.29 bits per heavy atom. The molecular weight excluding hydrogens is 216 g/mol. The maximum Gasteiger partial charge on any atom is 0.306 e. The van der Waals surface area contributed by atoms with E-state index < -0.39 is 0 Å². The number of methoxy groups -OCH3 is 1. The Bertz CT molecular complexity index is 412. The molecule has 0 spiro atoms. The van der Waals surface area contributed by atoms with Gasteiger partial charge in [-0.2, -0.15) is 0 Å². The van der Waals surface area contributed by atoms with E-state index in [0.717, 1.165) is 18.6 Å². The summed E-state index contributed by atoms with van der Waals surface area (Å²) in [4.78, 5) is 11.5. The Hall–Kier alpha value is -1.51. The summed E-state index contributed by atoms with van der Waals surface area (Å²) in [6.45, 7) is 2.29. The van der Waals surface area contributed by atoms with Gasteiger partial charge in [0, 0.05) is 0 Å². The largest absolute Gasteiger partial charge is 0.497 e. The lowest BCUT2D eigenvalue weighted by atomic mass is 9.98. The standard InChI is InChI=1S/C14H18O3/c1-3-17-14(15)8-11-5-4-10-6-7-12(16-2)9-13(10)11/h6-7,9,11H,3-5,8H2,1-2H3/t11-/m1/s1. The Kier molecular flexibility index (Phi) is 3.67. The number of ether oxygens (including phenoxy) is 2. The van der Waals surface area contributed by atoms with Gasteiger partial charge in [-0.3, -0.25) is 4.79 Å². The Balaban J connectivity index is 2.12. The van der Waals surface area contributed by atoms with Crippen LogP contribution in [-0.4, -0.2) is 19.7 Å². The van der Waals surface area contributed by atoms with Crippen LogP contribution < -0.4 is 4.74 Å². The SMILES string of the molecule is CCOC(=O)C[C@H]1CCc2ccc(OC)cc21. The van der Waals surface area contributed by atoms with Crippen molar-refractivity contribution in [3.05, 3.63) is 29.3 Å². The van der Waals surface area contributed by atoms with Gasteiger partial charge in [-0.1, -0.05) is 6.07 Å². The molecule has 1 aliphatic carbocycles. The number of esters is 1. The van der Waals surface area contributed by atoms with Crippen LogP contribution in [0.5, 0.6) is 5.75 Å². The third kappa shape index (κ3) is 2.60. The van der Waals surface area contributed by atoms with Crippen LogP contribution in [0.15, 0.2) is 18.2 Å². The van der Waals surface area contributed by atoms with Gasteiger partial charge in [-0.05, 0) is 48.9 Å². The number of rotatable bonds is 4. The molecule has 0 heterocycles. The van der Waals surface area contributed by atoms with Crippen LogP contribution in [-0.2, 0) is 16.0 Å². The van der Waals surface area contributed by atoms with Gasteiger partial charge in [0.25, 0.3) is 0 Å². The number of carbonyl (C=O) groups excluding carboxylic acids is 1. The molecular formula is C14H18O3. The van der Waals surface area contributed by atoms with Gasteiger partial charge in [0.05, 0.1) is 20.1 Å². The van der Waals surface area contributed by atoms with Crippen molar-refractivity contribution in [1.82, 2.24) is 0 Å². The van der Waals surface area contributed by atoms with Gasteiger partial charge in [-0.25, -0.2) is 0 Å². The molecule has 0 saturated heterocycles. The summed E-state index contributed by atoms with van der Waals surface area (Å²) in [5, 5.41) is 0. The number of aryl methyl sites for hydroxylation is 1. The zero-order valence-corrected chi connectivity index (χ0v) is 10.4. The summed E-state index contributed by atoms with van der Waals surface area (Å²) in [5.74, 6) is 1.05. The van der Waals surface area contributed by atoms with E-state index in [9.17, 15) is 4.79 Å². The van der Waals surface area contributed by atoms with Gasteiger partial charge in [0.2, 0.25) is 0 Å². The molecule has 2 rings (SSSR count). The zero-order chi connectivity index (χ0) is 12.3. The molecule has 0 aromatic heterocycles. The highest BCUT2D eigenvalue weighted by atomic mass is 16.5. The third-order valence-electron chi connectivity index (χ3n) is 3.27. The molecule has 92 valence electrons.